The summed E-state index contributed by atoms with van der Waals surface area (Å²) in [6, 6.07) is 3.47. The standard InChI is InChI=1S/C13H17Cl2NO4S/c1-13(2,3)10(7-11(17)18)16-21(19,20)9-6-4-5-8(14)12(9)15/h4-6,10,16H,7H2,1-3H3,(H,17,18). The van der Waals surface area contributed by atoms with Gasteiger partial charge in [-0.05, 0) is 17.5 Å². The summed E-state index contributed by atoms with van der Waals surface area (Å²) in [6.07, 6.45) is -0.332. The molecular weight excluding hydrogens is 337 g/mol. The molecular formula is C13H17Cl2NO4S. The minimum Gasteiger partial charge on any atom is -0.481 e. The van der Waals surface area contributed by atoms with Gasteiger partial charge in [-0.2, -0.15) is 0 Å². The molecule has 1 rings (SSSR count). The van der Waals surface area contributed by atoms with E-state index in [1.54, 1.807) is 20.8 Å². The predicted octanol–water partition coefficient (Wildman–Crippen LogP) is 3.16. The zero-order valence-corrected chi connectivity index (χ0v) is 14.2. The zero-order valence-electron chi connectivity index (χ0n) is 11.9. The van der Waals surface area contributed by atoms with Gasteiger partial charge < -0.3 is 5.11 Å². The fourth-order valence-corrected chi connectivity index (χ4v) is 3.84. The molecule has 5 nitrogen and oxygen atoms in total. The summed E-state index contributed by atoms with van der Waals surface area (Å²) in [5.41, 5.74) is -0.573. The first-order chi connectivity index (χ1) is 9.45. The maximum Gasteiger partial charge on any atom is 0.304 e. The molecule has 0 spiro atoms. The molecule has 0 heterocycles. The Hall–Kier alpha value is -0.820. The Morgan fingerprint density at radius 2 is 1.90 bits per heavy atom. The smallest absolute Gasteiger partial charge is 0.304 e. The molecule has 0 aliphatic carbocycles. The molecule has 0 radical (unpaired) electrons. The average Bonchev–Trinajstić information content (AvgIpc) is 2.29. The van der Waals surface area contributed by atoms with Crippen LogP contribution in [0.5, 0.6) is 0 Å². The number of aliphatic carboxylic acids is 1. The number of rotatable bonds is 5. The molecule has 21 heavy (non-hydrogen) atoms. The number of benzene rings is 1. The van der Waals surface area contributed by atoms with E-state index in [1.807, 2.05) is 0 Å². The monoisotopic (exact) mass is 353 g/mol. The molecule has 1 aromatic carbocycles. The molecule has 0 saturated heterocycles. The van der Waals surface area contributed by atoms with Crippen LogP contribution in [-0.4, -0.2) is 25.5 Å². The van der Waals surface area contributed by atoms with Crippen LogP contribution in [-0.2, 0) is 14.8 Å². The van der Waals surface area contributed by atoms with Crippen LogP contribution in [0.15, 0.2) is 23.1 Å². The van der Waals surface area contributed by atoms with Gasteiger partial charge in [-0.1, -0.05) is 50.0 Å². The van der Waals surface area contributed by atoms with Crippen LogP contribution in [0.3, 0.4) is 0 Å². The van der Waals surface area contributed by atoms with E-state index in [9.17, 15) is 13.2 Å². The minimum absolute atomic E-state index is 0.0883. The Morgan fingerprint density at radius 3 is 2.38 bits per heavy atom. The lowest BCUT2D eigenvalue weighted by Gasteiger charge is -2.30. The molecule has 0 bridgehead atoms. The fourth-order valence-electron chi connectivity index (χ4n) is 1.64. The molecule has 1 atom stereocenters. The van der Waals surface area contributed by atoms with Crippen molar-refractivity contribution in [3.05, 3.63) is 28.2 Å². The van der Waals surface area contributed by atoms with Gasteiger partial charge in [-0.3, -0.25) is 4.79 Å². The zero-order chi connectivity index (χ0) is 16.4. The number of carbonyl (C=O) groups is 1. The number of halogens is 2. The largest absolute Gasteiger partial charge is 0.481 e. The highest BCUT2D eigenvalue weighted by molar-refractivity contribution is 7.89. The Bertz CT molecular complexity index is 638. The number of hydrogen-bond donors (Lipinski definition) is 2. The van der Waals surface area contributed by atoms with E-state index < -0.39 is 27.4 Å². The van der Waals surface area contributed by atoms with Crippen LogP contribution in [0.1, 0.15) is 27.2 Å². The molecule has 0 aliphatic rings. The summed E-state index contributed by atoms with van der Waals surface area (Å²) >= 11 is 11.7. The van der Waals surface area contributed by atoms with Crippen molar-refractivity contribution in [1.29, 1.82) is 0 Å². The average molecular weight is 354 g/mol. The van der Waals surface area contributed by atoms with Crippen molar-refractivity contribution in [2.45, 2.75) is 38.1 Å². The second kappa shape index (κ2) is 6.52. The summed E-state index contributed by atoms with van der Waals surface area (Å²) in [7, 11) is -3.97. The van der Waals surface area contributed by atoms with E-state index in [4.69, 9.17) is 28.3 Å². The Labute approximate surface area is 134 Å². The quantitative estimate of drug-likeness (QED) is 0.851. The first-order valence-electron chi connectivity index (χ1n) is 6.13. The lowest BCUT2D eigenvalue weighted by atomic mass is 9.85. The molecule has 0 amide bonds. The molecule has 118 valence electrons. The summed E-state index contributed by atoms with van der Waals surface area (Å²) < 4.78 is 27.2. The van der Waals surface area contributed by atoms with Gasteiger partial charge in [0.2, 0.25) is 10.0 Å². The highest BCUT2D eigenvalue weighted by atomic mass is 35.5. The van der Waals surface area contributed by atoms with Crippen LogP contribution in [0.2, 0.25) is 10.0 Å². The molecule has 1 unspecified atom stereocenters. The normalized spacial score (nSPS) is 14.0. The summed E-state index contributed by atoms with van der Waals surface area (Å²) in [5.74, 6) is -1.09. The van der Waals surface area contributed by atoms with Gasteiger partial charge in [0.25, 0.3) is 0 Å². The van der Waals surface area contributed by atoms with Crippen molar-refractivity contribution in [2.24, 2.45) is 5.41 Å². The topological polar surface area (TPSA) is 83.5 Å². The Kier molecular flexibility index (Phi) is 5.66. The lowest BCUT2D eigenvalue weighted by Crippen LogP contribution is -2.45. The molecule has 2 N–H and O–H groups in total. The summed E-state index contributed by atoms with van der Waals surface area (Å²) in [6.45, 7) is 5.26. The van der Waals surface area contributed by atoms with Gasteiger partial charge in [0.15, 0.2) is 0 Å². The van der Waals surface area contributed by atoms with Crippen LogP contribution >= 0.6 is 23.2 Å². The molecule has 8 heteroatoms. The van der Waals surface area contributed by atoms with Crippen molar-refractivity contribution >= 4 is 39.2 Å². The third kappa shape index (κ3) is 4.85. The summed E-state index contributed by atoms with van der Waals surface area (Å²) in [5, 5.41) is 8.96. The van der Waals surface area contributed by atoms with Gasteiger partial charge in [0.05, 0.1) is 16.5 Å². The van der Waals surface area contributed by atoms with Gasteiger partial charge in [0.1, 0.15) is 4.90 Å². The molecule has 1 aromatic rings. The Balaban J connectivity index is 3.18. The Morgan fingerprint density at radius 1 is 1.33 bits per heavy atom. The molecule has 0 aromatic heterocycles. The predicted molar refractivity (Wildman–Crippen MR) is 82.3 cm³/mol. The first kappa shape index (κ1) is 18.2. The van der Waals surface area contributed by atoms with Crippen molar-refractivity contribution in [3.8, 4) is 0 Å². The van der Waals surface area contributed by atoms with Crippen molar-refractivity contribution in [1.82, 2.24) is 4.72 Å². The van der Waals surface area contributed by atoms with Crippen molar-refractivity contribution in [3.63, 3.8) is 0 Å². The second-order valence-corrected chi connectivity index (χ2v) is 8.16. The van der Waals surface area contributed by atoms with E-state index in [0.29, 0.717) is 0 Å². The first-order valence-corrected chi connectivity index (χ1v) is 8.37. The SMILES string of the molecule is CC(C)(C)C(CC(=O)O)NS(=O)(=O)c1cccc(Cl)c1Cl. The van der Waals surface area contributed by atoms with Gasteiger partial charge in [-0.15, -0.1) is 0 Å². The highest BCUT2D eigenvalue weighted by Crippen LogP contribution is 2.30. The number of sulfonamides is 1. The van der Waals surface area contributed by atoms with Gasteiger partial charge >= 0.3 is 5.97 Å². The number of nitrogens with one attached hydrogen (secondary N) is 1. The lowest BCUT2D eigenvalue weighted by molar-refractivity contribution is -0.138. The van der Waals surface area contributed by atoms with E-state index >= 15 is 0 Å². The fraction of sp³-hybridized carbons (Fsp3) is 0.462. The highest BCUT2D eigenvalue weighted by Gasteiger charge is 2.32. The van der Waals surface area contributed by atoms with E-state index in [2.05, 4.69) is 4.72 Å². The number of hydrogen-bond acceptors (Lipinski definition) is 3. The number of carboxylic acids is 1. The molecule has 0 aliphatic heterocycles. The molecule has 0 fully saturated rings. The van der Waals surface area contributed by atoms with Crippen LogP contribution in [0.25, 0.3) is 0 Å². The van der Waals surface area contributed by atoms with E-state index in [1.165, 1.54) is 18.2 Å². The maximum absolute atomic E-state index is 12.4. The molecule has 0 saturated carbocycles. The minimum atomic E-state index is -3.97. The number of carboxylic acid groups (broad SMARTS) is 1. The second-order valence-electron chi connectivity index (χ2n) is 5.69. The maximum atomic E-state index is 12.4. The summed E-state index contributed by atoms with van der Waals surface area (Å²) in [4.78, 5) is 10.7. The van der Waals surface area contributed by atoms with E-state index in [0.717, 1.165) is 0 Å². The van der Waals surface area contributed by atoms with E-state index in [-0.39, 0.29) is 21.4 Å². The van der Waals surface area contributed by atoms with Crippen LogP contribution in [0, 0.1) is 5.41 Å². The van der Waals surface area contributed by atoms with Gasteiger partial charge in [-0.25, -0.2) is 13.1 Å². The van der Waals surface area contributed by atoms with Crippen molar-refractivity contribution < 1.29 is 18.3 Å². The van der Waals surface area contributed by atoms with Crippen LogP contribution < -0.4 is 4.72 Å². The third-order valence-corrected chi connectivity index (χ3v) is 5.37. The van der Waals surface area contributed by atoms with Crippen molar-refractivity contribution in [2.75, 3.05) is 0 Å². The van der Waals surface area contributed by atoms with Crippen LogP contribution in [0.4, 0.5) is 0 Å². The third-order valence-electron chi connectivity index (χ3n) is 2.93. The van der Waals surface area contributed by atoms with Gasteiger partial charge in [0, 0.05) is 6.04 Å².